The molecule has 0 N–H and O–H groups in total. The van der Waals surface area contributed by atoms with Crippen molar-refractivity contribution < 1.29 is 0 Å². The first-order valence-corrected chi connectivity index (χ1v) is 13.4. The Hall–Kier alpha value is -2.46. The topological polar surface area (TPSA) is 51.0 Å². The molecule has 5 heterocycles. The van der Waals surface area contributed by atoms with Crippen LogP contribution in [-0.2, 0) is 6.67 Å². The van der Waals surface area contributed by atoms with Crippen LogP contribution in [-0.4, -0.2) is 20.4 Å². The molecule has 1 aliphatic rings. The lowest BCUT2D eigenvalue weighted by Gasteiger charge is -2.30. The fraction of sp³-hybridized carbons (Fsp3) is 0.0870. The predicted molar refractivity (Wildman–Crippen MR) is 138 cm³/mol. The van der Waals surface area contributed by atoms with Crippen LogP contribution in [0.25, 0.3) is 32.0 Å². The standard InChI is InChI=1S/C23H15BrN4OS3/c24-14-5-7-15(8-6-14)27-12-28-22(29)20-16(18-3-1-9-30-18)11-17(19-4-2-10-31-19)25-21(20)26-23(28)32-13-27/h1-11H,12-13H2. The minimum absolute atomic E-state index is 0.0482. The largest absolute Gasteiger partial charge is 0.343 e. The zero-order valence-electron chi connectivity index (χ0n) is 16.6. The Morgan fingerprint density at radius 1 is 0.938 bits per heavy atom. The van der Waals surface area contributed by atoms with E-state index in [-0.39, 0.29) is 5.56 Å². The van der Waals surface area contributed by atoms with E-state index in [1.807, 2.05) is 53.2 Å². The highest BCUT2D eigenvalue weighted by Gasteiger charge is 2.24. The second-order valence-corrected chi connectivity index (χ2v) is 11.0. The van der Waals surface area contributed by atoms with E-state index in [0.717, 1.165) is 37.0 Å². The van der Waals surface area contributed by atoms with E-state index in [2.05, 4.69) is 33.0 Å². The minimum Gasteiger partial charge on any atom is -0.343 e. The number of nitrogens with zero attached hydrogens (tertiary/aromatic N) is 4. The molecular formula is C23H15BrN4OS3. The summed E-state index contributed by atoms with van der Waals surface area (Å²) in [7, 11) is 0. The van der Waals surface area contributed by atoms with E-state index >= 15 is 0 Å². The summed E-state index contributed by atoms with van der Waals surface area (Å²) in [5.74, 6) is 0.724. The summed E-state index contributed by atoms with van der Waals surface area (Å²) in [6.07, 6.45) is 0. The van der Waals surface area contributed by atoms with Gasteiger partial charge in [0.25, 0.3) is 5.56 Å². The highest BCUT2D eigenvalue weighted by Crippen LogP contribution is 2.35. The zero-order chi connectivity index (χ0) is 21.7. The summed E-state index contributed by atoms with van der Waals surface area (Å²) < 4.78 is 2.80. The lowest BCUT2D eigenvalue weighted by molar-refractivity contribution is 0.568. The lowest BCUT2D eigenvalue weighted by Crippen LogP contribution is -2.37. The van der Waals surface area contributed by atoms with Crippen molar-refractivity contribution in [2.24, 2.45) is 0 Å². The van der Waals surface area contributed by atoms with Crippen LogP contribution in [0.3, 0.4) is 0 Å². The van der Waals surface area contributed by atoms with Gasteiger partial charge in [0.15, 0.2) is 10.8 Å². The Morgan fingerprint density at radius 3 is 2.41 bits per heavy atom. The van der Waals surface area contributed by atoms with Crippen molar-refractivity contribution in [3.8, 4) is 21.0 Å². The molecule has 9 heteroatoms. The number of fused-ring (bicyclic) bond motifs is 2. The Kier molecular flexibility index (Phi) is 5.14. The second kappa shape index (κ2) is 8.15. The number of halogens is 1. The molecule has 0 bridgehead atoms. The number of thioether (sulfide) groups is 1. The maximum Gasteiger partial charge on any atom is 0.265 e. The zero-order valence-corrected chi connectivity index (χ0v) is 20.6. The van der Waals surface area contributed by atoms with Crippen molar-refractivity contribution in [3.63, 3.8) is 0 Å². The third-order valence-electron chi connectivity index (χ3n) is 5.31. The summed E-state index contributed by atoms with van der Waals surface area (Å²) in [5.41, 5.74) is 3.29. The van der Waals surface area contributed by atoms with Crippen LogP contribution < -0.4 is 10.5 Å². The normalized spacial score (nSPS) is 13.5. The predicted octanol–water partition coefficient (Wildman–Crippen LogP) is 6.54. The van der Waals surface area contributed by atoms with Gasteiger partial charge in [-0.2, -0.15) is 0 Å². The van der Waals surface area contributed by atoms with Crippen LogP contribution >= 0.6 is 50.4 Å². The first-order valence-electron chi connectivity index (χ1n) is 9.84. The molecule has 1 aromatic carbocycles. The summed E-state index contributed by atoms with van der Waals surface area (Å²) >= 11 is 8.31. The molecule has 32 heavy (non-hydrogen) atoms. The van der Waals surface area contributed by atoms with Gasteiger partial charge in [0, 0.05) is 20.6 Å². The first kappa shape index (κ1) is 20.2. The molecule has 1 aliphatic heterocycles. The van der Waals surface area contributed by atoms with Crippen LogP contribution in [0.4, 0.5) is 5.69 Å². The molecule has 0 amide bonds. The minimum atomic E-state index is -0.0482. The third-order valence-corrected chi connectivity index (χ3v) is 8.64. The van der Waals surface area contributed by atoms with E-state index in [0.29, 0.717) is 22.9 Å². The van der Waals surface area contributed by atoms with E-state index in [9.17, 15) is 4.79 Å². The van der Waals surface area contributed by atoms with E-state index in [4.69, 9.17) is 9.97 Å². The summed E-state index contributed by atoms with van der Waals surface area (Å²) in [6, 6.07) is 18.3. The molecule has 0 saturated carbocycles. The van der Waals surface area contributed by atoms with Gasteiger partial charge in [0.2, 0.25) is 0 Å². The fourth-order valence-corrected chi connectivity index (χ4v) is 6.41. The molecule has 5 nitrogen and oxygen atoms in total. The van der Waals surface area contributed by atoms with Crippen LogP contribution in [0.1, 0.15) is 0 Å². The Morgan fingerprint density at radius 2 is 1.69 bits per heavy atom. The second-order valence-electron chi connectivity index (χ2n) is 7.27. The first-order chi connectivity index (χ1) is 15.7. The number of anilines is 1. The molecule has 5 aromatic rings. The van der Waals surface area contributed by atoms with Gasteiger partial charge in [0.05, 0.1) is 21.8 Å². The summed E-state index contributed by atoms with van der Waals surface area (Å²) in [4.78, 5) is 27.7. The monoisotopic (exact) mass is 538 g/mol. The van der Waals surface area contributed by atoms with E-state index < -0.39 is 0 Å². The van der Waals surface area contributed by atoms with Gasteiger partial charge in [-0.15, -0.1) is 22.7 Å². The van der Waals surface area contributed by atoms with Crippen molar-refractivity contribution in [1.82, 2.24) is 14.5 Å². The average Bonchev–Trinajstić information content (AvgIpc) is 3.53. The smallest absolute Gasteiger partial charge is 0.265 e. The van der Waals surface area contributed by atoms with Crippen LogP contribution in [0, 0.1) is 0 Å². The van der Waals surface area contributed by atoms with E-state index in [1.165, 1.54) is 0 Å². The van der Waals surface area contributed by atoms with Crippen molar-refractivity contribution >= 4 is 67.1 Å². The maximum atomic E-state index is 13.8. The van der Waals surface area contributed by atoms with Gasteiger partial charge in [-0.1, -0.05) is 39.8 Å². The van der Waals surface area contributed by atoms with E-state index in [1.54, 1.807) is 39.0 Å². The van der Waals surface area contributed by atoms with Gasteiger partial charge in [-0.3, -0.25) is 9.36 Å². The van der Waals surface area contributed by atoms with Gasteiger partial charge in [-0.25, -0.2) is 9.97 Å². The van der Waals surface area contributed by atoms with Gasteiger partial charge in [0.1, 0.15) is 6.67 Å². The Balaban J connectivity index is 1.54. The number of rotatable bonds is 3. The van der Waals surface area contributed by atoms with Crippen molar-refractivity contribution in [2.45, 2.75) is 11.8 Å². The molecule has 0 aliphatic carbocycles. The highest BCUT2D eigenvalue weighted by molar-refractivity contribution is 9.10. The van der Waals surface area contributed by atoms with Crippen LogP contribution in [0.2, 0.25) is 0 Å². The number of aromatic nitrogens is 3. The molecule has 0 spiro atoms. The van der Waals surface area contributed by atoms with Crippen LogP contribution in [0.15, 0.2) is 79.8 Å². The lowest BCUT2D eigenvalue weighted by atomic mass is 10.1. The molecule has 0 atom stereocenters. The highest BCUT2D eigenvalue weighted by atomic mass is 79.9. The molecule has 0 radical (unpaired) electrons. The fourth-order valence-electron chi connectivity index (χ4n) is 3.76. The molecule has 0 saturated heterocycles. The van der Waals surface area contributed by atoms with Gasteiger partial charge in [-0.05, 0) is 53.2 Å². The van der Waals surface area contributed by atoms with Crippen molar-refractivity contribution in [2.75, 3.05) is 10.8 Å². The molecule has 4 aromatic heterocycles. The van der Waals surface area contributed by atoms with Crippen molar-refractivity contribution in [1.29, 1.82) is 0 Å². The number of hydrogen-bond donors (Lipinski definition) is 0. The van der Waals surface area contributed by atoms with Gasteiger partial charge < -0.3 is 4.90 Å². The number of benzene rings is 1. The summed E-state index contributed by atoms with van der Waals surface area (Å²) in [5, 5.41) is 5.35. The quantitative estimate of drug-likeness (QED) is 0.244. The van der Waals surface area contributed by atoms with Gasteiger partial charge >= 0.3 is 0 Å². The molecule has 0 unspecified atom stereocenters. The molecule has 6 rings (SSSR count). The SMILES string of the molecule is O=c1c2c(-c3cccs3)cc(-c3cccs3)nc2nc2n1CN(c1ccc(Br)cc1)CS2. The Labute approximate surface area is 204 Å². The van der Waals surface area contributed by atoms with Crippen LogP contribution in [0.5, 0.6) is 0 Å². The maximum absolute atomic E-state index is 13.8. The average molecular weight is 540 g/mol. The molecule has 0 fully saturated rings. The number of pyridine rings is 1. The number of hydrogen-bond acceptors (Lipinski definition) is 7. The number of thiophene rings is 2. The third kappa shape index (κ3) is 3.49. The van der Waals surface area contributed by atoms with Crippen molar-refractivity contribution in [3.05, 3.63) is 80.2 Å². The summed E-state index contributed by atoms with van der Waals surface area (Å²) in [6.45, 7) is 0.461. The molecule has 158 valence electrons. The molecular weight excluding hydrogens is 524 g/mol. The Bertz CT molecular complexity index is 1480.